The molecule has 0 aromatic heterocycles. The number of hydrogen-bond acceptors (Lipinski definition) is 2. The van der Waals surface area contributed by atoms with Crippen molar-refractivity contribution >= 4 is 5.78 Å². The SMILES string of the molecule is CC(C)(C)O[C@H]1CC(=O)[C@@H]2[C@H]1[C@@H]1C=C[C@H]2C1. The molecule has 16 heavy (non-hydrogen) atoms. The molecular formula is C14H20O2. The number of carbonyl (C=O) groups is 1. The maximum Gasteiger partial charge on any atom is 0.139 e. The van der Waals surface area contributed by atoms with Gasteiger partial charge >= 0.3 is 0 Å². The van der Waals surface area contributed by atoms with E-state index in [2.05, 4.69) is 32.9 Å². The molecule has 2 nitrogen and oxygen atoms in total. The van der Waals surface area contributed by atoms with Gasteiger partial charge in [-0.1, -0.05) is 12.2 Å². The fourth-order valence-electron chi connectivity index (χ4n) is 3.87. The summed E-state index contributed by atoms with van der Waals surface area (Å²) in [6, 6.07) is 0. The summed E-state index contributed by atoms with van der Waals surface area (Å²) in [5.41, 5.74) is -0.134. The van der Waals surface area contributed by atoms with Crippen LogP contribution in [0.5, 0.6) is 0 Å². The second-order valence-corrected chi connectivity index (χ2v) is 6.49. The third-order valence-corrected chi connectivity index (χ3v) is 4.23. The highest BCUT2D eigenvalue weighted by Gasteiger charge is 2.56. The number of carbonyl (C=O) groups excluding carboxylic acids is 1. The van der Waals surface area contributed by atoms with E-state index in [-0.39, 0.29) is 17.6 Å². The number of ketones is 1. The first kappa shape index (κ1) is 10.5. The van der Waals surface area contributed by atoms with Gasteiger partial charge in [0.25, 0.3) is 0 Å². The van der Waals surface area contributed by atoms with Crippen molar-refractivity contribution < 1.29 is 9.53 Å². The van der Waals surface area contributed by atoms with Crippen molar-refractivity contribution in [2.45, 2.75) is 45.3 Å². The van der Waals surface area contributed by atoms with E-state index in [4.69, 9.17) is 4.74 Å². The summed E-state index contributed by atoms with van der Waals surface area (Å²) in [5.74, 6) is 2.32. The van der Waals surface area contributed by atoms with Crippen molar-refractivity contribution in [1.82, 2.24) is 0 Å². The van der Waals surface area contributed by atoms with Crippen LogP contribution in [0.2, 0.25) is 0 Å². The van der Waals surface area contributed by atoms with E-state index >= 15 is 0 Å². The molecule has 0 heterocycles. The third-order valence-electron chi connectivity index (χ3n) is 4.23. The zero-order chi connectivity index (χ0) is 11.5. The molecule has 2 saturated carbocycles. The van der Waals surface area contributed by atoms with Crippen molar-refractivity contribution in [1.29, 1.82) is 0 Å². The summed E-state index contributed by atoms with van der Waals surface area (Å²) in [4.78, 5) is 12.0. The van der Waals surface area contributed by atoms with Crippen molar-refractivity contribution in [2.24, 2.45) is 23.7 Å². The Hall–Kier alpha value is -0.630. The standard InChI is InChI=1S/C14H20O2/c1-14(2,3)16-11-7-10(15)12-8-4-5-9(6-8)13(11)12/h4-5,8-9,11-13H,6-7H2,1-3H3/t8-,9+,11-,12+,13-/m0/s1. The Bertz CT molecular complexity index is 350. The van der Waals surface area contributed by atoms with Crippen LogP contribution in [0.15, 0.2) is 12.2 Å². The van der Waals surface area contributed by atoms with Crippen LogP contribution in [0.25, 0.3) is 0 Å². The molecule has 0 N–H and O–H groups in total. The molecule has 88 valence electrons. The van der Waals surface area contributed by atoms with Crippen LogP contribution in [0.3, 0.4) is 0 Å². The van der Waals surface area contributed by atoms with Gasteiger partial charge in [-0.2, -0.15) is 0 Å². The summed E-state index contributed by atoms with van der Waals surface area (Å²) < 4.78 is 6.08. The number of hydrogen-bond donors (Lipinski definition) is 0. The second kappa shape index (κ2) is 3.19. The van der Waals surface area contributed by atoms with Crippen molar-refractivity contribution in [3.8, 4) is 0 Å². The van der Waals surface area contributed by atoms with E-state index in [0.29, 0.717) is 30.0 Å². The summed E-state index contributed by atoms with van der Waals surface area (Å²) in [7, 11) is 0. The van der Waals surface area contributed by atoms with E-state index in [9.17, 15) is 4.79 Å². The molecule has 2 fully saturated rings. The second-order valence-electron chi connectivity index (χ2n) is 6.49. The molecule has 0 saturated heterocycles. The first-order valence-electron chi connectivity index (χ1n) is 6.34. The summed E-state index contributed by atoms with van der Waals surface area (Å²) in [6.07, 6.45) is 6.55. The van der Waals surface area contributed by atoms with Crippen LogP contribution in [0.1, 0.15) is 33.6 Å². The van der Waals surface area contributed by atoms with Gasteiger partial charge in [0, 0.05) is 18.3 Å². The maximum absolute atomic E-state index is 12.0. The Balaban J connectivity index is 1.83. The van der Waals surface area contributed by atoms with Crippen LogP contribution in [0.4, 0.5) is 0 Å². The van der Waals surface area contributed by atoms with Crippen LogP contribution in [-0.2, 0) is 9.53 Å². The molecule has 0 aromatic rings. The first-order valence-corrected chi connectivity index (χ1v) is 6.34. The molecule has 0 radical (unpaired) electrons. The Labute approximate surface area is 97.1 Å². The molecule has 0 aromatic carbocycles. The lowest BCUT2D eigenvalue weighted by Gasteiger charge is -2.31. The Kier molecular flexibility index (Phi) is 2.10. The number of Topliss-reactive ketones (excluding diaryl/α,β-unsaturated/α-hetero) is 1. The molecule has 3 aliphatic rings. The highest BCUT2D eigenvalue weighted by molar-refractivity contribution is 5.85. The average Bonchev–Trinajstić information content (AvgIpc) is 2.76. The Morgan fingerprint density at radius 2 is 1.94 bits per heavy atom. The minimum Gasteiger partial charge on any atom is -0.372 e. The lowest BCUT2D eigenvalue weighted by atomic mass is 9.84. The van der Waals surface area contributed by atoms with E-state index in [0.717, 1.165) is 0 Å². The van der Waals surface area contributed by atoms with Gasteiger partial charge in [0.1, 0.15) is 5.78 Å². The fourth-order valence-corrected chi connectivity index (χ4v) is 3.87. The van der Waals surface area contributed by atoms with E-state index in [1.54, 1.807) is 0 Å². The smallest absolute Gasteiger partial charge is 0.139 e. The summed E-state index contributed by atoms with van der Waals surface area (Å²) in [5, 5.41) is 0. The van der Waals surface area contributed by atoms with Gasteiger partial charge in [-0.05, 0) is 39.0 Å². The van der Waals surface area contributed by atoms with Gasteiger partial charge in [0.15, 0.2) is 0 Å². The number of fused-ring (bicyclic) bond motifs is 5. The van der Waals surface area contributed by atoms with Gasteiger partial charge in [-0.3, -0.25) is 4.79 Å². The molecule has 0 unspecified atom stereocenters. The average molecular weight is 220 g/mol. The van der Waals surface area contributed by atoms with Crippen LogP contribution in [0, 0.1) is 23.7 Å². The molecule has 5 atom stereocenters. The largest absolute Gasteiger partial charge is 0.372 e. The van der Waals surface area contributed by atoms with Crippen LogP contribution < -0.4 is 0 Å². The minimum absolute atomic E-state index is 0.134. The number of rotatable bonds is 1. The van der Waals surface area contributed by atoms with Crippen molar-refractivity contribution in [2.75, 3.05) is 0 Å². The highest BCUT2D eigenvalue weighted by Crippen LogP contribution is 2.55. The lowest BCUT2D eigenvalue weighted by Crippen LogP contribution is -2.33. The van der Waals surface area contributed by atoms with Gasteiger partial charge < -0.3 is 4.74 Å². The molecule has 3 aliphatic carbocycles. The summed E-state index contributed by atoms with van der Waals surface area (Å²) >= 11 is 0. The predicted octanol–water partition coefficient (Wildman–Crippen LogP) is 2.58. The molecule has 2 bridgehead atoms. The third kappa shape index (κ3) is 1.46. The Morgan fingerprint density at radius 1 is 1.25 bits per heavy atom. The zero-order valence-electron chi connectivity index (χ0n) is 10.3. The van der Waals surface area contributed by atoms with Crippen molar-refractivity contribution in [3.63, 3.8) is 0 Å². The number of ether oxygens (including phenoxy) is 1. The summed E-state index contributed by atoms with van der Waals surface area (Å²) in [6.45, 7) is 6.23. The molecule has 3 rings (SSSR count). The first-order chi connectivity index (χ1) is 7.46. The normalized spacial score (nSPS) is 45.4. The number of allylic oxidation sites excluding steroid dienone is 2. The fraction of sp³-hybridized carbons (Fsp3) is 0.786. The van der Waals surface area contributed by atoms with Gasteiger partial charge in [0.05, 0.1) is 11.7 Å². The highest BCUT2D eigenvalue weighted by atomic mass is 16.5. The monoisotopic (exact) mass is 220 g/mol. The van der Waals surface area contributed by atoms with Gasteiger partial charge in [0.2, 0.25) is 0 Å². The molecule has 0 aliphatic heterocycles. The van der Waals surface area contributed by atoms with E-state index < -0.39 is 0 Å². The molecule has 0 spiro atoms. The maximum atomic E-state index is 12.0. The predicted molar refractivity (Wildman–Crippen MR) is 62.0 cm³/mol. The topological polar surface area (TPSA) is 26.3 Å². The Morgan fingerprint density at radius 3 is 2.62 bits per heavy atom. The van der Waals surface area contributed by atoms with Gasteiger partial charge in [-0.15, -0.1) is 0 Å². The van der Waals surface area contributed by atoms with E-state index in [1.165, 1.54) is 6.42 Å². The molecule has 2 heteroatoms. The van der Waals surface area contributed by atoms with Crippen LogP contribution in [-0.4, -0.2) is 17.5 Å². The van der Waals surface area contributed by atoms with Crippen molar-refractivity contribution in [3.05, 3.63) is 12.2 Å². The quantitative estimate of drug-likeness (QED) is 0.635. The lowest BCUT2D eigenvalue weighted by molar-refractivity contribution is -0.122. The minimum atomic E-state index is -0.134. The molecular weight excluding hydrogens is 200 g/mol. The van der Waals surface area contributed by atoms with Crippen LogP contribution >= 0.6 is 0 Å². The zero-order valence-corrected chi connectivity index (χ0v) is 10.3. The van der Waals surface area contributed by atoms with E-state index in [1.807, 2.05) is 0 Å². The molecule has 0 amide bonds. The van der Waals surface area contributed by atoms with Gasteiger partial charge in [-0.25, -0.2) is 0 Å².